The molecule has 0 bridgehead atoms. The SMILES string of the molecule is Cc1cc(C#Cc2ccc(C3CCCCC3)cc2P)ccc1C#N. The van der Waals surface area contributed by atoms with E-state index >= 15 is 0 Å². The van der Waals surface area contributed by atoms with Crippen molar-refractivity contribution in [3.63, 3.8) is 0 Å². The van der Waals surface area contributed by atoms with Crippen molar-refractivity contribution in [2.45, 2.75) is 44.9 Å². The molecule has 1 atom stereocenters. The summed E-state index contributed by atoms with van der Waals surface area (Å²) in [6.07, 6.45) is 6.74. The van der Waals surface area contributed by atoms with Gasteiger partial charge < -0.3 is 0 Å². The Bertz CT molecular complexity index is 842. The van der Waals surface area contributed by atoms with Crippen molar-refractivity contribution >= 4 is 14.5 Å². The molecule has 1 saturated carbocycles. The maximum Gasteiger partial charge on any atom is 0.0994 e. The van der Waals surface area contributed by atoms with Crippen molar-refractivity contribution in [3.8, 4) is 17.9 Å². The Hall–Kier alpha value is -2.08. The molecule has 1 aliphatic carbocycles. The molecule has 1 aliphatic rings. The predicted octanol–water partition coefficient (Wildman–Crippen LogP) is 4.81. The summed E-state index contributed by atoms with van der Waals surface area (Å²) < 4.78 is 0. The highest BCUT2D eigenvalue weighted by Crippen LogP contribution is 2.32. The normalized spacial score (nSPS) is 14.5. The fourth-order valence-corrected chi connectivity index (χ4v) is 3.75. The van der Waals surface area contributed by atoms with Gasteiger partial charge in [-0.3, -0.25) is 0 Å². The quantitative estimate of drug-likeness (QED) is 0.543. The summed E-state index contributed by atoms with van der Waals surface area (Å²) in [6, 6.07) is 14.6. The van der Waals surface area contributed by atoms with Gasteiger partial charge in [0, 0.05) is 11.1 Å². The highest BCUT2D eigenvalue weighted by molar-refractivity contribution is 7.27. The second-order valence-corrected chi connectivity index (χ2v) is 7.20. The van der Waals surface area contributed by atoms with Crippen LogP contribution in [0.5, 0.6) is 0 Å². The molecule has 1 unspecified atom stereocenters. The van der Waals surface area contributed by atoms with E-state index in [1.165, 1.54) is 43.0 Å². The van der Waals surface area contributed by atoms with E-state index in [1.807, 2.05) is 25.1 Å². The first-order valence-electron chi connectivity index (χ1n) is 8.59. The van der Waals surface area contributed by atoms with Crippen LogP contribution in [0.1, 0.15) is 65.8 Å². The summed E-state index contributed by atoms with van der Waals surface area (Å²) in [6.45, 7) is 1.95. The van der Waals surface area contributed by atoms with E-state index < -0.39 is 0 Å². The molecule has 1 nitrogen and oxygen atoms in total. The van der Waals surface area contributed by atoms with E-state index in [-0.39, 0.29) is 0 Å². The van der Waals surface area contributed by atoms with E-state index in [0.717, 1.165) is 22.6 Å². The molecule has 2 heteroatoms. The molecule has 2 aromatic carbocycles. The van der Waals surface area contributed by atoms with E-state index in [1.54, 1.807) is 0 Å². The standard InChI is InChI=1S/C22H22NP/c1-16-13-17(8-10-21(16)15-23)7-9-19-11-12-20(14-22(19)24)18-5-3-2-4-6-18/h8,10-14,18H,2-6,24H2,1H3. The van der Waals surface area contributed by atoms with Gasteiger partial charge in [-0.1, -0.05) is 43.2 Å². The maximum absolute atomic E-state index is 9.00. The lowest BCUT2D eigenvalue weighted by Crippen LogP contribution is -2.08. The Morgan fingerprint density at radius 1 is 0.958 bits per heavy atom. The molecule has 3 rings (SSSR count). The summed E-state index contributed by atoms with van der Waals surface area (Å²) in [5.74, 6) is 7.21. The topological polar surface area (TPSA) is 23.8 Å². The van der Waals surface area contributed by atoms with Crippen LogP contribution in [0.2, 0.25) is 0 Å². The highest BCUT2D eigenvalue weighted by Gasteiger charge is 2.15. The zero-order valence-corrected chi connectivity index (χ0v) is 15.3. The third-order valence-corrected chi connectivity index (χ3v) is 5.32. The smallest absolute Gasteiger partial charge is 0.0994 e. The van der Waals surface area contributed by atoms with Gasteiger partial charge in [0.05, 0.1) is 11.6 Å². The Morgan fingerprint density at radius 2 is 1.71 bits per heavy atom. The summed E-state index contributed by atoms with van der Waals surface area (Å²) in [5.41, 5.74) is 5.15. The van der Waals surface area contributed by atoms with Gasteiger partial charge in [0.1, 0.15) is 0 Å². The largest absolute Gasteiger partial charge is 0.192 e. The van der Waals surface area contributed by atoms with Crippen LogP contribution in [0, 0.1) is 30.1 Å². The number of nitriles is 1. The average Bonchev–Trinajstić information content (AvgIpc) is 2.61. The lowest BCUT2D eigenvalue weighted by molar-refractivity contribution is 0.444. The first kappa shape index (κ1) is 16.8. The van der Waals surface area contributed by atoms with Crippen molar-refractivity contribution in [2.75, 3.05) is 0 Å². The third-order valence-electron chi connectivity index (χ3n) is 4.84. The number of benzene rings is 2. The molecule has 120 valence electrons. The van der Waals surface area contributed by atoms with E-state index in [4.69, 9.17) is 5.26 Å². The van der Waals surface area contributed by atoms with Crippen LogP contribution in [-0.2, 0) is 0 Å². The molecule has 0 radical (unpaired) electrons. The van der Waals surface area contributed by atoms with E-state index in [0.29, 0.717) is 5.56 Å². The lowest BCUT2D eigenvalue weighted by Gasteiger charge is -2.22. The molecule has 0 saturated heterocycles. The van der Waals surface area contributed by atoms with Gasteiger partial charge in [-0.15, -0.1) is 9.24 Å². The Kier molecular flexibility index (Phi) is 5.35. The number of nitrogens with zero attached hydrogens (tertiary/aromatic N) is 1. The second kappa shape index (κ2) is 7.66. The number of rotatable bonds is 1. The van der Waals surface area contributed by atoms with Gasteiger partial charge in [-0.25, -0.2) is 0 Å². The minimum absolute atomic E-state index is 0.712. The van der Waals surface area contributed by atoms with Crippen LogP contribution in [0.15, 0.2) is 36.4 Å². The first-order valence-corrected chi connectivity index (χ1v) is 9.17. The van der Waals surface area contributed by atoms with Crippen LogP contribution in [0.3, 0.4) is 0 Å². The zero-order chi connectivity index (χ0) is 16.9. The number of hydrogen-bond donors (Lipinski definition) is 0. The average molecular weight is 331 g/mol. The van der Waals surface area contributed by atoms with Gasteiger partial charge in [0.25, 0.3) is 0 Å². The maximum atomic E-state index is 9.00. The fraction of sp³-hybridized carbons (Fsp3) is 0.318. The van der Waals surface area contributed by atoms with Crippen LogP contribution < -0.4 is 5.30 Å². The van der Waals surface area contributed by atoms with Crippen molar-refractivity contribution in [3.05, 3.63) is 64.2 Å². The van der Waals surface area contributed by atoms with Gasteiger partial charge in [-0.05, 0) is 66.4 Å². The molecule has 0 spiro atoms. The predicted molar refractivity (Wildman–Crippen MR) is 103 cm³/mol. The van der Waals surface area contributed by atoms with Gasteiger partial charge in [0.15, 0.2) is 0 Å². The number of hydrogen-bond acceptors (Lipinski definition) is 1. The first-order chi connectivity index (χ1) is 11.7. The van der Waals surface area contributed by atoms with Crippen LogP contribution >= 0.6 is 9.24 Å². The molecule has 2 aromatic rings. The van der Waals surface area contributed by atoms with E-state index in [2.05, 4.69) is 45.3 Å². The van der Waals surface area contributed by atoms with E-state index in [9.17, 15) is 0 Å². The van der Waals surface area contributed by atoms with Gasteiger partial charge >= 0.3 is 0 Å². The molecular formula is C22H22NP. The molecule has 24 heavy (non-hydrogen) atoms. The third kappa shape index (κ3) is 3.87. The number of aryl methyl sites for hydroxylation is 1. The van der Waals surface area contributed by atoms with Crippen LogP contribution in [-0.4, -0.2) is 0 Å². The Morgan fingerprint density at radius 3 is 2.38 bits per heavy atom. The summed E-state index contributed by atoms with van der Waals surface area (Å²) in [4.78, 5) is 0. The monoisotopic (exact) mass is 331 g/mol. The molecule has 0 aromatic heterocycles. The van der Waals surface area contributed by atoms with Crippen molar-refractivity contribution < 1.29 is 0 Å². The minimum atomic E-state index is 0.712. The summed E-state index contributed by atoms with van der Waals surface area (Å²) >= 11 is 0. The second-order valence-electron chi connectivity index (χ2n) is 6.57. The highest BCUT2D eigenvalue weighted by atomic mass is 31.0. The van der Waals surface area contributed by atoms with Crippen molar-refractivity contribution in [2.24, 2.45) is 0 Å². The molecule has 0 heterocycles. The van der Waals surface area contributed by atoms with Crippen molar-refractivity contribution in [1.82, 2.24) is 0 Å². The van der Waals surface area contributed by atoms with Crippen LogP contribution in [0.4, 0.5) is 0 Å². The Labute approximate surface area is 147 Å². The zero-order valence-electron chi connectivity index (χ0n) is 14.1. The Balaban J connectivity index is 1.81. The van der Waals surface area contributed by atoms with Crippen molar-refractivity contribution in [1.29, 1.82) is 5.26 Å². The molecule has 0 amide bonds. The minimum Gasteiger partial charge on any atom is -0.192 e. The summed E-state index contributed by atoms with van der Waals surface area (Å²) in [7, 11) is 2.83. The van der Waals surface area contributed by atoms with Gasteiger partial charge in [0.2, 0.25) is 0 Å². The molecule has 0 aliphatic heterocycles. The molecular weight excluding hydrogens is 309 g/mol. The van der Waals surface area contributed by atoms with Crippen LogP contribution in [0.25, 0.3) is 0 Å². The summed E-state index contributed by atoms with van der Waals surface area (Å²) in [5, 5.41) is 10.2. The molecule has 0 N–H and O–H groups in total. The molecule has 1 fully saturated rings. The lowest BCUT2D eigenvalue weighted by atomic mass is 9.84. The fourth-order valence-electron chi connectivity index (χ4n) is 3.39. The van der Waals surface area contributed by atoms with Gasteiger partial charge in [-0.2, -0.15) is 5.26 Å².